The molecule has 1 aromatic rings. The van der Waals surface area contributed by atoms with Crippen molar-refractivity contribution in [2.45, 2.75) is 13.0 Å². The Hall–Kier alpha value is -1.39. The summed E-state index contributed by atoms with van der Waals surface area (Å²) in [6.45, 7) is 1.26. The standard InChI is InChI=1S/C10H9ClO4/c1-5(12)8-6(9(13)10(14)15)3-2-4-7(8)11/h2-4,9,13H,1H3,(H,14,15)/t9-/m1/s1. The van der Waals surface area contributed by atoms with Gasteiger partial charge in [0.05, 0.1) is 5.02 Å². The van der Waals surface area contributed by atoms with Crippen molar-refractivity contribution in [2.24, 2.45) is 0 Å². The number of rotatable bonds is 3. The lowest BCUT2D eigenvalue weighted by atomic mass is 10.00. The summed E-state index contributed by atoms with van der Waals surface area (Å²) in [5.41, 5.74) is 0.0663. The molecule has 1 atom stereocenters. The minimum atomic E-state index is -1.73. The van der Waals surface area contributed by atoms with Crippen molar-refractivity contribution in [3.05, 3.63) is 34.3 Å². The Labute approximate surface area is 91.1 Å². The summed E-state index contributed by atoms with van der Waals surface area (Å²) in [6.07, 6.45) is -1.73. The largest absolute Gasteiger partial charge is 0.479 e. The molecule has 0 aliphatic heterocycles. The highest BCUT2D eigenvalue weighted by molar-refractivity contribution is 6.34. The lowest BCUT2D eigenvalue weighted by molar-refractivity contribution is -0.146. The summed E-state index contributed by atoms with van der Waals surface area (Å²) in [6, 6.07) is 4.31. The molecule has 0 saturated heterocycles. The van der Waals surface area contributed by atoms with Crippen LogP contribution in [0.15, 0.2) is 18.2 Å². The van der Waals surface area contributed by atoms with Gasteiger partial charge in [0.1, 0.15) is 0 Å². The maximum Gasteiger partial charge on any atom is 0.337 e. The number of aliphatic carboxylic acids is 1. The maximum absolute atomic E-state index is 11.2. The first-order chi connectivity index (χ1) is 6.95. The van der Waals surface area contributed by atoms with Crippen LogP contribution in [-0.4, -0.2) is 22.0 Å². The van der Waals surface area contributed by atoms with E-state index in [9.17, 15) is 14.7 Å². The van der Waals surface area contributed by atoms with E-state index in [-0.39, 0.29) is 21.9 Å². The maximum atomic E-state index is 11.2. The zero-order valence-corrected chi connectivity index (χ0v) is 8.65. The van der Waals surface area contributed by atoms with Crippen LogP contribution in [0.25, 0.3) is 0 Å². The third kappa shape index (κ3) is 2.34. The molecule has 0 aliphatic rings. The molecule has 15 heavy (non-hydrogen) atoms. The van der Waals surface area contributed by atoms with Crippen molar-refractivity contribution in [3.8, 4) is 0 Å². The van der Waals surface area contributed by atoms with Gasteiger partial charge in [-0.15, -0.1) is 0 Å². The van der Waals surface area contributed by atoms with Gasteiger partial charge in [0.15, 0.2) is 11.9 Å². The molecule has 0 bridgehead atoms. The van der Waals surface area contributed by atoms with E-state index < -0.39 is 12.1 Å². The number of aliphatic hydroxyl groups is 1. The molecule has 0 fully saturated rings. The quantitative estimate of drug-likeness (QED) is 0.772. The van der Waals surface area contributed by atoms with Gasteiger partial charge in [-0.05, 0) is 13.0 Å². The first-order valence-electron chi connectivity index (χ1n) is 4.15. The normalized spacial score (nSPS) is 12.2. The summed E-state index contributed by atoms with van der Waals surface area (Å²) < 4.78 is 0. The van der Waals surface area contributed by atoms with Crippen LogP contribution in [0.1, 0.15) is 28.9 Å². The number of carbonyl (C=O) groups is 2. The van der Waals surface area contributed by atoms with Crippen molar-refractivity contribution in [1.29, 1.82) is 0 Å². The summed E-state index contributed by atoms with van der Waals surface area (Å²) in [5, 5.41) is 18.1. The van der Waals surface area contributed by atoms with Gasteiger partial charge in [0.25, 0.3) is 0 Å². The highest BCUT2D eigenvalue weighted by Gasteiger charge is 2.22. The minimum Gasteiger partial charge on any atom is -0.479 e. The molecule has 0 saturated carbocycles. The van der Waals surface area contributed by atoms with Crippen LogP contribution in [-0.2, 0) is 4.79 Å². The number of ketones is 1. The predicted molar refractivity (Wildman–Crippen MR) is 54.1 cm³/mol. The molecule has 0 aliphatic carbocycles. The second-order valence-corrected chi connectivity index (χ2v) is 3.41. The molecule has 2 N–H and O–H groups in total. The van der Waals surface area contributed by atoms with Gasteiger partial charge in [0, 0.05) is 11.1 Å². The third-order valence-electron chi connectivity index (χ3n) is 1.93. The molecule has 1 rings (SSSR count). The second kappa shape index (κ2) is 4.42. The molecule has 80 valence electrons. The predicted octanol–water partition coefficient (Wildman–Crippen LogP) is 1.66. The molecule has 1 aromatic carbocycles. The highest BCUT2D eigenvalue weighted by Crippen LogP contribution is 2.25. The van der Waals surface area contributed by atoms with Crippen LogP contribution in [0, 0.1) is 0 Å². The Morgan fingerprint density at radius 2 is 2.00 bits per heavy atom. The number of hydrogen-bond donors (Lipinski definition) is 2. The average Bonchev–Trinajstić information content (AvgIpc) is 2.15. The molecule has 4 nitrogen and oxygen atoms in total. The van der Waals surface area contributed by atoms with E-state index in [0.29, 0.717) is 0 Å². The third-order valence-corrected chi connectivity index (χ3v) is 2.24. The Kier molecular flexibility index (Phi) is 3.44. The van der Waals surface area contributed by atoms with E-state index in [0.717, 1.165) is 0 Å². The molecule has 0 amide bonds. The van der Waals surface area contributed by atoms with Gasteiger partial charge >= 0.3 is 5.97 Å². The van der Waals surface area contributed by atoms with Crippen LogP contribution in [0.2, 0.25) is 5.02 Å². The number of Topliss-reactive ketones (excluding diaryl/α,β-unsaturated/α-hetero) is 1. The van der Waals surface area contributed by atoms with E-state index >= 15 is 0 Å². The van der Waals surface area contributed by atoms with E-state index in [2.05, 4.69) is 0 Å². The zero-order valence-electron chi connectivity index (χ0n) is 7.90. The van der Waals surface area contributed by atoms with Crippen molar-refractivity contribution < 1.29 is 19.8 Å². The smallest absolute Gasteiger partial charge is 0.337 e. The van der Waals surface area contributed by atoms with Crippen molar-refractivity contribution in [3.63, 3.8) is 0 Å². The molecule has 0 unspecified atom stereocenters. The van der Waals surface area contributed by atoms with E-state index in [1.165, 1.54) is 25.1 Å². The Bertz CT molecular complexity index is 414. The Morgan fingerprint density at radius 3 is 2.47 bits per heavy atom. The number of carbonyl (C=O) groups excluding carboxylic acids is 1. The molecule has 0 aromatic heterocycles. The van der Waals surface area contributed by atoms with E-state index in [1.807, 2.05) is 0 Å². The van der Waals surface area contributed by atoms with Gasteiger partial charge in [-0.25, -0.2) is 4.79 Å². The Balaban J connectivity index is 3.35. The highest BCUT2D eigenvalue weighted by atomic mass is 35.5. The minimum absolute atomic E-state index is 0.0162. The molecule has 0 heterocycles. The van der Waals surface area contributed by atoms with Gasteiger partial charge < -0.3 is 10.2 Å². The fourth-order valence-electron chi connectivity index (χ4n) is 1.27. The van der Waals surface area contributed by atoms with E-state index in [1.54, 1.807) is 0 Å². The lowest BCUT2D eigenvalue weighted by Gasteiger charge is -2.11. The van der Waals surface area contributed by atoms with Crippen molar-refractivity contribution >= 4 is 23.4 Å². The van der Waals surface area contributed by atoms with Gasteiger partial charge in [-0.1, -0.05) is 23.7 Å². The lowest BCUT2D eigenvalue weighted by Crippen LogP contribution is -2.14. The fraction of sp³-hybridized carbons (Fsp3) is 0.200. The van der Waals surface area contributed by atoms with Crippen LogP contribution >= 0.6 is 11.6 Å². The number of aliphatic hydroxyl groups excluding tert-OH is 1. The molecule has 5 heteroatoms. The van der Waals surface area contributed by atoms with E-state index in [4.69, 9.17) is 16.7 Å². The van der Waals surface area contributed by atoms with Crippen LogP contribution in [0.3, 0.4) is 0 Å². The monoisotopic (exact) mass is 228 g/mol. The van der Waals surface area contributed by atoms with Crippen LogP contribution in [0.5, 0.6) is 0 Å². The number of hydrogen-bond acceptors (Lipinski definition) is 3. The molecule has 0 radical (unpaired) electrons. The first kappa shape index (κ1) is 11.7. The molecular formula is C10H9ClO4. The number of benzene rings is 1. The van der Waals surface area contributed by atoms with Gasteiger partial charge in [-0.3, -0.25) is 4.79 Å². The Morgan fingerprint density at radius 1 is 1.40 bits per heavy atom. The van der Waals surface area contributed by atoms with Gasteiger partial charge in [-0.2, -0.15) is 0 Å². The summed E-state index contributed by atoms with van der Waals surface area (Å²) in [7, 11) is 0. The first-order valence-corrected chi connectivity index (χ1v) is 4.53. The van der Waals surface area contributed by atoms with Crippen molar-refractivity contribution in [2.75, 3.05) is 0 Å². The molecule has 0 spiro atoms. The van der Waals surface area contributed by atoms with Gasteiger partial charge in [0.2, 0.25) is 0 Å². The summed E-state index contributed by atoms with van der Waals surface area (Å²) >= 11 is 5.75. The summed E-state index contributed by atoms with van der Waals surface area (Å²) in [4.78, 5) is 21.8. The zero-order chi connectivity index (χ0) is 11.6. The van der Waals surface area contributed by atoms with Crippen LogP contribution in [0.4, 0.5) is 0 Å². The SMILES string of the molecule is CC(=O)c1c(Cl)cccc1[C@@H](O)C(=O)O. The summed E-state index contributed by atoms with van der Waals surface area (Å²) in [5.74, 6) is -1.80. The number of carboxylic acids is 1. The average molecular weight is 229 g/mol. The molecular weight excluding hydrogens is 220 g/mol. The second-order valence-electron chi connectivity index (χ2n) is 3.00. The topological polar surface area (TPSA) is 74.6 Å². The van der Waals surface area contributed by atoms with Crippen LogP contribution < -0.4 is 0 Å². The number of halogens is 1. The van der Waals surface area contributed by atoms with Crippen molar-refractivity contribution in [1.82, 2.24) is 0 Å². The number of carboxylic acid groups (broad SMARTS) is 1. The fourth-order valence-corrected chi connectivity index (χ4v) is 1.59.